The molecule has 0 aliphatic carbocycles. The predicted molar refractivity (Wildman–Crippen MR) is 158 cm³/mol. The first-order valence-electron chi connectivity index (χ1n) is 12.6. The minimum Gasteiger partial charge on any atom is -0.481 e. The molecule has 0 amide bonds. The zero-order valence-electron chi connectivity index (χ0n) is 21.7. The number of para-hydroxylation sites is 2. The van der Waals surface area contributed by atoms with Gasteiger partial charge in [0, 0.05) is 22.0 Å². The second kappa shape index (κ2) is 10.7. The van der Waals surface area contributed by atoms with Gasteiger partial charge in [-0.1, -0.05) is 59.6 Å². The Bertz CT molecular complexity index is 2030. The molecule has 0 saturated carbocycles. The molecular formula is C31H21ClN4O5. The molecule has 0 spiro atoms. The summed E-state index contributed by atoms with van der Waals surface area (Å²) in [5.41, 5.74) is 2.62. The van der Waals surface area contributed by atoms with Crippen molar-refractivity contribution >= 4 is 45.4 Å². The normalized spacial score (nSPS) is 11.5. The molecule has 0 aliphatic rings. The third-order valence-electron chi connectivity index (χ3n) is 6.49. The van der Waals surface area contributed by atoms with E-state index in [0.717, 1.165) is 21.2 Å². The van der Waals surface area contributed by atoms with Crippen molar-refractivity contribution in [1.82, 2.24) is 9.66 Å². The third-order valence-corrected chi connectivity index (χ3v) is 6.73. The fraction of sp³-hybridized carbons (Fsp3) is 0.0645. The lowest BCUT2D eigenvalue weighted by molar-refractivity contribution is -0.385. The van der Waals surface area contributed by atoms with Gasteiger partial charge in [-0.15, -0.1) is 0 Å². The van der Waals surface area contributed by atoms with Crippen molar-refractivity contribution < 1.29 is 14.1 Å². The molecule has 10 heteroatoms. The Balaban J connectivity index is 1.47. The number of nitrogens with zero attached hydrogens (tertiary/aromatic N) is 4. The molecule has 2 heterocycles. The molecule has 0 N–H and O–H groups in total. The van der Waals surface area contributed by atoms with Crippen LogP contribution in [-0.2, 0) is 6.61 Å². The highest BCUT2D eigenvalue weighted by molar-refractivity contribution is 6.31. The summed E-state index contributed by atoms with van der Waals surface area (Å²) in [6.07, 6.45) is 1.35. The number of furan rings is 1. The Labute approximate surface area is 238 Å². The van der Waals surface area contributed by atoms with Gasteiger partial charge in [0.05, 0.1) is 22.0 Å². The topological polar surface area (TPSA) is 113 Å². The fourth-order valence-electron chi connectivity index (χ4n) is 4.42. The summed E-state index contributed by atoms with van der Waals surface area (Å²) in [7, 11) is 0. The highest BCUT2D eigenvalue weighted by Crippen LogP contribution is 2.32. The Morgan fingerprint density at radius 1 is 1.05 bits per heavy atom. The van der Waals surface area contributed by atoms with Crippen molar-refractivity contribution in [2.75, 3.05) is 0 Å². The van der Waals surface area contributed by atoms with E-state index in [-0.39, 0.29) is 23.9 Å². The number of ether oxygens (including phenoxy) is 1. The first-order chi connectivity index (χ1) is 19.9. The number of benzene rings is 4. The van der Waals surface area contributed by atoms with Crippen molar-refractivity contribution in [3.05, 3.63) is 133 Å². The summed E-state index contributed by atoms with van der Waals surface area (Å²) >= 11 is 6.15. The van der Waals surface area contributed by atoms with Crippen molar-refractivity contribution in [2.45, 2.75) is 13.5 Å². The molecular weight excluding hydrogens is 544 g/mol. The van der Waals surface area contributed by atoms with Gasteiger partial charge in [-0.05, 0) is 55.0 Å². The highest BCUT2D eigenvalue weighted by Gasteiger charge is 2.20. The average Bonchev–Trinajstić information content (AvgIpc) is 3.39. The Morgan fingerprint density at radius 2 is 1.85 bits per heavy atom. The Morgan fingerprint density at radius 3 is 2.66 bits per heavy atom. The lowest BCUT2D eigenvalue weighted by Crippen LogP contribution is -2.20. The van der Waals surface area contributed by atoms with E-state index in [1.165, 1.54) is 18.3 Å². The summed E-state index contributed by atoms with van der Waals surface area (Å²) < 4.78 is 13.1. The zero-order valence-corrected chi connectivity index (χ0v) is 22.4. The molecule has 2 aromatic heterocycles. The summed E-state index contributed by atoms with van der Waals surface area (Å²) in [5, 5.41) is 17.9. The Kier molecular flexibility index (Phi) is 6.78. The molecule has 6 aromatic rings. The van der Waals surface area contributed by atoms with E-state index in [4.69, 9.17) is 20.8 Å². The van der Waals surface area contributed by atoms with Crippen molar-refractivity contribution in [3.63, 3.8) is 0 Å². The van der Waals surface area contributed by atoms with Crippen LogP contribution in [-0.4, -0.2) is 20.8 Å². The van der Waals surface area contributed by atoms with E-state index in [0.29, 0.717) is 32.8 Å². The minimum absolute atomic E-state index is 0.0311. The molecule has 0 saturated heterocycles. The van der Waals surface area contributed by atoms with E-state index in [1.807, 2.05) is 31.2 Å². The lowest BCUT2D eigenvalue weighted by Gasteiger charge is -2.11. The largest absolute Gasteiger partial charge is 0.481 e. The molecule has 9 nitrogen and oxygen atoms in total. The summed E-state index contributed by atoms with van der Waals surface area (Å²) in [4.78, 5) is 29.6. The average molecular weight is 565 g/mol. The fourth-order valence-corrected chi connectivity index (χ4v) is 4.60. The van der Waals surface area contributed by atoms with E-state index in [9.17, 15) is 14.9 Å². The quantitative estimate of drug-likeness (QED) is 0.116. The molecule has 0 aliphatic heterocycles. The zero-order chi connectivity index (χ0) is 28.5. The smallest absolute Gasteiger partial charge is 0.311 e. The van der Waals surface area contributed by atoms with Gasteiger partial charge >= 0.3 is 5.69 Å². The van der Waals surface area contributed by atoms with E-state index < -0.39 is 10.5 Å². The standard InChI is InChI=1S/C31H21ClN4O5/c1-19-9-11-20(12-10-19)18-40-29-21(5-4-8-26(29)36(38)39)17-33-35-30(34-25-7-3-2-6-24(25)31(35)37)28-16-22-15-23(32)13-14-27(22)41-28/h2-17H,18H2,1H3. The van der Waals surface area contributed by atoms with Gasteiger partial charge in [0.15, 0.2) is 5.76 Å². The van der Waals surface area contributed by atoms with Crippen molar-refractivity contribution in [3.8, 4) is 17.3 Å². The summed E-state index contributed by atoms with van der Waals surface area (Å²) in [6, 6.07) is 26.0. The van der Waals surface area contributed by atoms with Crippen LogP contribution in [0.15, 0.2) is 105 Å². The summed E-state index contributed by atoms with van der Waals surface area (Å²) in [6.45, 7) is 2.08. The molecule has 6 rings (SSSR count). The van der Waals surface area contributed by atoms with Gasteiger partial charge in [-0.2, -0.15) is 9.78 Å². The summed E-state index contributed by atoms with van der Waals surface area (Å²) in [5.74, 6) is 0.491. The molecule has 0 bridgehead atoms. The van der Waals surface area contributed by atoms with Crippen molar-refractivity contribution in [1.29, 1.82) is 0 Å². The van der Waals surface area contributed by atoms with Crippen LogP contribution in [0.2, 0.25) is 5.02 Å². The minimum atomic E-state index is -0.517. The predicted octanol–water partition coefficient (Wildman–Crippen LogP) is 7.14. The second-order valence-corrected chi connectivity index (χ2v) is 9.77. The maximum Gasteiger partial charge on any atom is 0.311 e. The number of rotatable bonds is 7. The van der Waals surface area contributed by atoms with Crippen LogP contribution in [0.5, 0.6) is 5.75 Å². The van der Waals surface area contributed by atoms with Crippen LogP contribution >= 0.6 is 11.6 Å². The van der Waals surface area contributed by atoms with Crippen molar-refractivity contribution in [2.24, 2.45) is 5.10 Å². The molecule has 0 fully saturated rings. The number of aromatic nitrogens is 2. The van der Waals surface area contributed by atoms with Crippen LogP contribution in [0.4, 0.5) is 5.69 Å². The first-order valence-corrected chi connectivity index (χ1v) is 13.0. The van der Waals surface area contributed by atoms with E-state index >= 15 is 0 Å². The van der Waals surface area contributed by atoms with Gasteiger partial charge in [0.1, 0.15) is 12.2 Å². The van der Waals surface area contributed by atoms with Crippen LogP contribution in [0.1, 0.15) is 16.7 Å². The van der Waals surface area contributed by atoms with Gasteiger partial charge in [-0.25, -0.2) is 4.98 Å². The molecule has 41 heavy (non-hydrogen) atoms. The van der Waals surface area contributed by atoms with Crippen LogP contribution in [0.25, 0.3) is 33.5 Å². The van der Waals surface area contributed by atoms with Gasteiger partial charge < -0.3 is 9.15 Å². The second-order valence-electron chi connectivity index (χ2n) is 9.33. The number of halogens is 1. The number of fused-ring (bicyclic) bond motifs is 2. The highest BCUT2D eigenvalue weighted by atomic mass is 35.5. The van der Waals surface area contributed by atoms with Crippen LogP contribution < -0.4 is 10.3 Å². The third kappa shape index (κ3) is 5.18. The molecule has 0 atom stereocenters. The van der Waals surface area contributed by atoms with Gasteiger partial charge in [0.25, 0.3) is 5.56 Å². The first kappa shape index (κ1) is 26.0. The number of nitro groups is 1. The van der Waals surface area contributed by atoms with Gasteiger partial charge in [0.2, 0.25) is 11.6 Å². The maximum atomic E-state index is 13.6. The maximum absolute atomic E-state index is 13.6. The number of hydrogen-bond donors (Lipinski definition) is 0. The van der Waals surface area contributed by atoms with Gasteiger partial charge in [-0.3, -0.25) is 14.9 Å². The number of aryl methyl sites for hydroxylation is 1. The SMILES string of the molecule is Cc1ccc(COc2c(C=Nn3c(-c4cc5cc(Cl)ccc5o4)nc4ccccc4c3=O)cccc2[N+](=O)[O-])cc1. The number of nitro benzene ring substituents is 1. The Hall–Kier alpha value is -5.28. The van der Waals surface area contributed by atoms with Crippen LogP contribution in [0.3, 0.4) is 0 Å². The molecule has 4 aromatic carbocycles. The lowest BCUT2D eigenvalue weighted by atomic mass is 10.1. The molecule has 0 unspecified atom stereocenters. The molecule has 0 radical (unpaired) electrons. The van der Waals surface area contributed by atoms with Crippen LogP contribution in [0, 0.1) is 17.0 Å². The monoisotopic (exact) mass is 564 g/mol. The number of hydrogen-bond acceptors (Lipinski definition) is 7. The van der Waals surface area contributed by atoms with E-state index in [2.05, 4.69) is 10.1 Å². The molecule has 202 valence electrons. The van der Waals surface area contributed by atoms with E-state index in [1.54, 1.807) is 54.6 Å².